The van der Waals surface area contributed by atoms with Crippen molar-refractivity contribution in [2.24, 2.45) is 5.41 Å². The maximum Gasteiger partial charge on any atom is 0.157 e. The highest BCUT2D eigenvalue weighted by atomic mass is 16.7. The summed E-state index contributed by atoms with van der Waals surface area (Å²) in [6.07, 6.45) is 9.55. The summed E-state index contributed by atoms with van der Waals surface area (Å²) in [6.45, 7) is 6.45. The molecule has 92 valence electrons. The first-order chi connectivity index (χ1) is 7.66. The van der Waals surface area contributed by atoms with Gasteiger partial charge in [-0.1, -0.05) is 25.5 Å². The highest BCUT2D eigenvalue weighted by molar-refractivity contribution is 5.08. The molecule has 0 amide bonds. The van der Waals surface area contributed by atoms with Crippen LogP contribution in [0.2, 0.25) is 0 Å². The maximum absolute atomic E-state index is 5.56. The van der Waals surface area contributed by atoms with Crippen LogP contribution in [0.25, 0.3) is 0 Å². The average Bonchev–Trinajstić information content (AvgIpc) is 2.29. The molecule has 1 aliphatic carbocycles. The minimum absolute atomic E-state index is 0.0598. The summed E-state index contributed by atoms with van der Waals surface area (Å²) in [7, 11) is 0. The summed E-state index contributed by atoms with van der Waals surface area (Å²) in [6, 6.07) is 0. The molecular weight excluding hydrogens is 200 g/mol. The molecule has 1 fully saturated rings. The summed E-state index contributed by atoms with van der Waals surface area (Å²) >= 11 is 0. The van der Waals surface area contributed by atoms with E-state index in [4.69, 9.17) is 9.47 Å². The fraction of sp³-hybridized carbons (Fsp3) is 0.857. The predicted molar refractivity (Wildman–Crippen MR) is 65.3 cm³/mol. The second kappa shape index (κ2) is 5.33. The molecule has 2 aliphatic rings. The summed E-state index contributed by atoms with van der Waals surface area (Å²) in [5.41, 5.74) is 2.12. The molecule has 2 rings (SSSR count). The SMILES string of the molecule is CC1(C)CC=C(CCC2OCCCO2)CC1. The van der Waals surface area contributed by atoms with Crippen LogP contribution in [0.1, 0.15) is 52.4 Å². The lowest BCUT2D eigenvalue weighted by atomic mass is 9.77. The monoisotopic (exact) mass is 224 g/mol. The van der Waals surface area contributed by atoms with E-state index in [1.54, 1.807) is 5.57 Å². The maximum atomic E-state index is 5.56. The van der Waals surface area contributed by atoms with E-state index < -0.39 is 0 Å². The third-order valence-electron chi connectivity index (χ3n) is 3.66. The Bertz CT molecular complexity index is 249. The highest BCUT2D eigenvalue weighted by Gasteiger charge is 2.22. The molecule has 1 saturated heterocycles. The Morgan fingerprint density at radius 2 is 2.06 bits per heavy atom. The Labute approximate surface area is 99.0 Å². The molecular formula is C14H24O2. The quantitative estimate of drug-likeness (QED) is 0.681. The van der Waals surface area contributed by atoms with Crippen molar-refractivity contribution in [3.8, 4) is 0 Å². The van der Waals surface area contributed by atoms with Crippen molar-refractivity contribution in [3.63, 3.8) is 0 Å². The molecule has 1 heterocycles. The van der Waals surface area contributed by atoms with Crippen LogP contribution in [0.15, 0.2) is 11.6 Å². The average molecular weight is 224 g/mol. The fourth-order valence-electron chi connectivity index (χ4n) is 2.36. The lowest BCUT2D eigenvalue weighted by Gasteiger charge is -2.29. The molecule has 0 saturated carbocycles. The number of hydrogen-bond donors (Lipinski definition) is 0. The Morgan fingerprint density at radius 3 is 2.69 bits per heavy atom. The van der Waals surface area contributed by atoms with Gasteiger partial charge >= 0.3 is 0 Å². The van der Waals surface area contributed by atoms with E-state index in [0.29, 0.717) is 5.41 Å². The van der Waals surface area contributed by atoms with Gasteiger partial charge in [0.15, 0.2) is 6.29 Å². The standard InChI is InChI=1S/C14H24O2/c1-14(2)8-6-12(7-9-14)4-5-13-15-10-3-11-16-13/h6,13H,3-5,7-11H2,1-2H3. The molecule has 0 radical (unpaired) electrons. The van der Waals surface area contributed by atoms with Crippen molar-refractivity contribution in [1.29, 1.82) is 0 Å². The molecule has 0 aromatic carbocycles. The Morgan fingerprint density at radius 1 is 1.31 bits per heavy atom. The van der Waals surface area contributed by atoms with Gasteiger partial charge in [-0.25, -0.2) is 0 Å². The Balaban J connectivity index is 1.72. The number of hydrogen-bond acceptors (Lipinski definition) is 2. The predicted octanol–water partition coefficient (Wildman–Crippen LogP) is 3.67. The van der Waals surface area contributed by atoms with Gasteiger partial charge in [-0.3, -0.25) is 0 Å². The van der Waals surface area contributed by atoms with Crippen molar-refractivity contribution in [2.75, 3.05) is 13.2 Å². The number of ether oxygens (including phenoxy) is 2. The van der Waals surface area contributed by atoms with Gasteiger partial charge in [-0.15, -0.1) is 0 Å². The van der Waals surface area contributed by atoms with Gasteiger partial charge in [0.05, 0.1) is 13.2 Å². The van der Waals surface area contributed by atoms with Crippen molar-refractivity contribution in [3.05, 3.63) is 11.6 Å². The molecule has 0 atom stereocenters. The van der Waals surface area contributed by atoms with Crippen LogP contribution in [-0.4, -0.2) is 19.5 Å². The molecule has 0 bridgehead atoms. The molecule has 0 unspecified atom stereocenters. The van der Waals surface area contributed by atoms with E-state index in [1.165, 1.54) is 19.3 Å². The third-order valence-corrected chi connectivity index (χ3v) is 3.66. The van der Waals surface area contributed by atoms with Crippen LogP contribution in [0.3, 0.4) is 0 Å². The second-order valence-corrected chi connectivity index (χ2v) is 5.79. The normalized spacial score (nSPS) is 26.5. The van der Waals surface area contributed by atoms with E-state index in [1.807, 2.05) is 0 Å². The van der Waals surface area contributed by atoms with E-state index >= 15 is 0 Å². The Kier molecular flexibility index (Phi) is 4.04. The molecule has 0 N–H and O–H groups in total. The van der Waals surface area contributed by atoms with Crippen LogP contribution < -0.4 is 0 Å². The Hall–Kier alpha value is -0.340. The van der Waals surface area contributed by atoms with Crippen molar-refractivity contribution < 1.29 is 9.47 Å². The van der Waals surface area contributed by atoms with Crippen molar-refractivity contribution >= 4 is 0 Å². The van der Waals surface area contributed by atoms with E-state index in [2.05, 4.69) is 19.9 Å². The van der Waals surface area contributed by atoms with Gasteiger partial charge in [0.1, 0.15) is 0 Å². The van der Waals surface area contributed by atoms with Gasteiger partial charge in [0, 0.05) is 6.42 Å². The summed E-state index contributed by atoms with van der Waals surface area (Å²) in [4.78, 5) is 0. The van der Waals surface area contributed by atoms with Crippen molar-refractivity contribution in [1.82, 2.24) is 0 Å². The molecule has 16 heavy (non-hydrogen) atoms. The highest BCUT2D eigenvalue weighted by Crippen LogP contribution is 2.35. The lowest BCUT2D eigenvalue weighted by Crippen LogP contribution is -2.25. The van der Waals surface area contributed by atoms with E-state index in [0.717, 1.165) is 32.5 Å². The first kappa shape index (κ1) is 12.1. The van der Waals surface area contributed by atoms with Crippen LogP contribution in [0.5, 0.6) is 0 Å². The second-order valence-electron chi connectivity index (χ2n) is 5.79. The summed E-state index contributed by atoms with van der Waals surface area (Å²) < 4.78 is 11.1. The zero-order chi connectivity index (χ0) is 11.4. The smallest absolute Gasteiger partial charge is 0.157 e. The lowest BCUT2D eigenvalue weighted by molar-refractivity contribution is -0.180. The molecule has 0 aromatic rings. The zero-order valence-electron chi connectivity index (χ0n) is 10.6. The van der Waals surface area contributed by atoms with Gasteiger partial charge in [0.2, 0.25) is 0 Å². The number of allylic oxidation sites excluding steroid dienone is 2. The first-order valence-corrected chi connectivity index (χ1v) is 6.57. The molecule has 2 nitrogen and oxygen atoms in total. The van der Waals surface area contributed by atoms with Crippen LogP contribution in [0, 0.1) is 5.41 Å². The minimum atomic E-state index is 0.0598. The zero-order valence-corrected chi connectivity index (χ0v) is 10.6. The van der Waals surface area contributed by atoms with Crippen molar-refractivity contribution in [2.45, 2.75) is 58.7 Å². The minimum Gasteiger partial charge on any atom is -0.353 e. The van der Waals surface area contributed by atoms with E-state index in [9.17, 15) is 0 Å². The number of rotatable bonds is 3. The van der Waals surface area contributed by atoms with E-state index in [-0.39, 0.29) is 6.29 Å². The molecule has 1 aliphatic heterocycles. The largest absolute Gasteiger partial charge is 0.353 e. The van der Waals surface area contributed by atoms with Crippen LogP contribution in [-0.2, 0) is 9.47 Å². The van der Waals surface area contributed by atoms with Gasteiger partial charge in [0.25, 0.3) is 0 Å². The van der Waals surface area contributed by atoms with Gasteiger partial charge in [-0.05, 0) is 37.5 Å². The third kappa shape index (κ3) is 3.60. The molecule has 2 heteroatoms. The van der Waals surface area contributed by atoms with Crippen LogP contribution >= 0.6 is 0 Å². The van der Waals surface area contributed by atoms with Crippen LogP contribution in [0.4, 0.5) is 0 Å². The molecule has 0 spiro atoms. The summed E-state index contributed by atoms with van der Waals surface area (Å²) in [5.74, 6) is 0. The van der Waals surface area contributed by atoms with Gasteiger partial charge < -0.3 is 9.47 Å². The summed E-state index contributed by atoms with van der Waals surface area (Å²) in [5, 5.41) is 0. The fourth-order valence-corrected chi connectivity index (χ4v) is 2.36. The first-order valence-electron chi connectivity index (χ1n) is 6.57. The topological polar surface area (TPSA) is 18.5 Å². The van der Waals surface area contributed by atoms with Gasteiger partial charge in [-0.2, -0.15) is 0 Å². The molecule has 0 aromatic heterocycles.